The number of hydrogen-bond donors (Lipinski definition) is 2. The Hall–Kier alpha value is -2.47. The standard InChI is InChI=1S/C20H19BrN2O3/c21-15-5-3-13(4-6-15)18(24)11-12-19(25)22-16-7-9-17(10-8-16)23-20(26)14-1-2-14/h3-10,14H,1-2,11-12H2,(H,22,25)(H,23,26). The molecular weight excluding hydrogens is 396 g/mol. The fourth-order valence-corrected chi connectivity index (χ4v) is 2.72. The summed E-state index contributed by atoms with van der Waals surface area (Å²) < 4.78 is 0.906. The van der Waals surface area contributed by atoms with Crippen molar-refractivity contribution in [3.05, 3.63) is 58.6 Å². The largest absolute Gasteiger partial charge is 0.326 e. The van der Waals surface area contributed by atoms with Crippen molar-refractivity contribution >= 4 is 44.9 Å². The first-order valence-electron chi connectivity index (χ1n) is 8.51. The van der Waals surface area contributed by atoms with Gasteiger partial charge in [-0.3, -0.25) is 14.4 Å². The molecule has 0 unspecified atom stereocenters. The van der Waals surface area contributed by atoms with Crippen LogP contribution in [0.1, 0.15) is 36.0 Å². The Balaban J connectivity index is 1.46. The number of anilines is 2. The van der Waals surface area contributed by atoms with Gasteiger partial charge < -0.3 is 10.6 Å². The maximum Gasteiger partial charge on any atom is 0.227 e. The molecule has 0 radical (unpaired) electrons. The van der Waals surface area contributed by atoms with Crippen LogP contribution in [0, 0.1) is 5.92 Å². The van der Waals surface area contributed by atoms with Gasteiger partial charge in [0.1, 0.15) is 0 Å². The van der Waals surface area contributed by atoms with Gasteiger partial charge >= 0.3 is 0 Å². The summed E-state index contributed by atoms with van der Waals surface area (Å²) in [6.07, 6.45) is 2.19. The molecule has 1 aliphatic rings. The molecule has 0 aromatic heterocycles. The van der Waals surface area contributed by atoms with E-state index in [9.17, 15) is 14.4 Å². The van der Waals surface area contributed by atoms with Gasteiger partial charge in [0.15, 0.2) is 5.78 Å². The van der Waals surface area contributed by atoms with Crippen LogP contribution in [0.2, 0.25) is 0 Å². The summed E-state index contributed by atoms with van der Waals surface area (Å²) in [5, 5.41) is 5.61. The van der Waals surface area contributed by atoms with E-state index in [-0.39, 0.29) is 36.4 Å². The smallest absolute Gasteiger partial charge is 0.227 e. The van der Waals surface area contributed by atoms with Crippen molar-refractivity contribution in [3.8, 4) is 0 Å². The number of rotatable bonds is 7. The monoisotopic (exact) mass is 414 g/mol. The van der Waals surface area contributed by atoms with Crippen LogP contribution >= 0.6 is 15.9 Å². The van der Waals surface area contributed by atoms with Gasteiger partial charge in [-0.05, 0) is 49.2 Å². The Morgan fingerprint density at radius 1 is 0.846 bits per heavy atom. The molecule has 2 N–H and O–H groups in total. The summed E-state index contributed by atoms with van der Waals surface area (Å²) in [4.78, 5) is 35.8. The second-order valence-corrected chi connectivity index (χ2v) is 7.23. The van der Waals surface area contributed by atoms with Crippen molar-refractivity contribution in [1.82, 2.24) is 0 Å². The van der Waals surface area contributed by atoms with Gasteiger partial charge in [-0.1, -0.05) is 28.1 Å². The van der Waals surface area contributed by atoms with Crippen LogP contribution in [-0.4, -0.2) is 17.6 Å². The second-order valence-electron chi connectivity index (χ2n) is 6.32. The lowest BCUT2D eigenvalue weighted by molar-refractivity contribution is -0.117. The van der Waals surface area contributed by atoms with E-state index in [1.54, 1.807) is 48.5 Å². The number of carbonyl (C=O) groups excluding carboxylic acids is 3. The zero-order valence-corrected chi connectivity index (χ0v) is 15.7. The number of Topliss-reactive ketones (excluding diaryl/α,β-unsaturated/α-hetero) is 1. The average molecular weight is 415 g/mol. The van der Waals surface area contributed by atoms with E-state index in [4.69, 9.17) is 0 Å². The summed E-state index contributed by atoms with van der Waals surface area (Å²) in [5.41, 5.74) is 1.94. The molecular formula is C20H19BrN2O3. The Morgan fingerprint density at radius 3 is 2.00 bits per heavy atom. The zero-order valence-electron chi connectivity index (χ0n) is 14.1. The third kappa shape index (κ3) is 5.26. The van der Waals surface area contributed by atoms with Gasteiger partial charge in [-0.25, -0.2) is 0 Å². The predicted molar refractivity (Wildman–Crippen MR) is 104 cm³/mol. The van der Waals surface area contributed by atoms with Crippen LogP contribution in [0.4, 0.5) is 11.4 Å². The van der Waals surface area contributed by atoms with Crippen molar-refractivity contribution in [2.45, 2.75) is 25.7 Å². The molecule has 0 atom stereocenters. The molecule has 6 heteroatoms. The molecule has 2 amide bonds. The van der Waals surface area contributed by atoms with Crippen LogP contribution in [0.15, 0.2) is 53.0 Å². The van der Waals surface area contributed by atoms with Crippen LogP contribution in [0.5, 0.6) is 0 Å². The third-order valence-electron chi connectivity index (χ3n) is 4.13. The highest BCUT2D eigenvalue weighted by Gasteiger charge is 2.29. The van der Waals surface area contributed by atoms with Crippen LogP contribution < -0.4 is 10.6 Å². The number of amides is 2. The highest BCUT2D eigenvalue weighted by atomic mass is 79.9. The molecule has 2 aromatic carbocycles. The number of hydrogen-bond acceptors (Lipinski definition) is 3. The van der Waals surface area contributed by atoms with Gasteiger partial charge in [0.2, 0.25) is 11.8 Å². The van der Waals surface area contributed by atoms with Gasteiger partial charge in [0, 0.05) is 40.2 Å². The highest BCUT2D eigenvalue weighted by molar-refractivity contribution is 9.10. The molecule has 3 rings (SSSR count). The number of benzene rings is 2. The topological polar surface area (TPSA) is 75.3 Å². The summed E-state index contributed by atoms with van der Waals surface area (Å²) in [7, 11) is 0. The molecule has 2 aromatic rings. The minimum absolute atomic E-state index is 0.0493. The summed E-state index contributed by atoms with van der Waals surface area (Å²) in [5.74, 6) is -0.0816. The molecule has 134 valence electrons. The molecule has 0 aliphatic heterocycles. The predicted octanol–water partition coefficient (Wildman–Crippen LogP) is 4.40. The first-order valence-corrected chi connectivity index (χ1v) is 9.30. The SMILES string of the molecule is O=C(CCC(=O)c1ccc(Br)cc1)Nc1ccc(NC(=O)C2CC2)cc1. The number of carbonyl (C=O) groups is 3. The summed E-state index contributed by atoms with van der Waals surface area (Å²) >= 11 is 3.32. The Morgan fingerprint density at radius 2 is 1.42 bits per heavy atom. The normalized spacial score (nSPS) is 13.1. The Bertz CT molecular complexity index is 812. The van der Waals surface area contributed by atoms with Crippen LogP contribution in [0.3, 0.4) is 0 Å². The molecule has 0 spiro atoms. The fraction of sp³-hybridized carbons (Fsp3) is 0.250. The first-order chi connectivity index (χ1) is 12.5. The first kappa shape index (κ1) is 18.3. The van der Waals surface area contributed by atoms with Crippen molar-refractivity contribution < 1.29 is 14.4 Å². The Labute approximate surface area is 160 Å². The van der Waals surface area contributed by atoms with Gasteiger partial charge in [0.05, 0.1) is 0 Å². The summed E-state index contributed by atoms with van der Waals surface area (Å²) in [6, 6.07) is 14.0. The maximum absolute atomic E-state index is 12.1. The second kappa shape index (κ2) is 8.27. The number of halogens is 1. The van der Waals surface area contributed by atoms with Gasteiger partial charge in [-0.2, -0.15) is 0 Å². The summed E-state index contributed by atoms with van der Waals surface area (Å²) in [6.45, 7) is 0. The Kier molecular flexibility index (Phi) is 5.83. The number of nitrogens with one attached hydrogen (secondary N) is 2. The molecule has 1 aliphatic carbocycles. The lowest BCUT2D eigenvalue weighted by Gasteiger charge is -2.08. The maximum atomic E-state index is 12.1. The lowest BCUT2D eigenvalue weighted by Crippen LogP contribution is -2.14. The minimum Gasteiger partial charge on any atom is -0.326 e. The van der Waals surface area contributed by atoms with Crippen molar-refractivity contribution in [3.63, 3.8) is 0 Å². The van der Waals surface area contributed by atoms with Gasteiger partial charge in [0.25, 0.3) is 0 Å². The van der Waals surface area contributed by atoms with E-state index in [1.807, 2.05) is 0 Å². The van der Waals surface area contributed by atoms with Crippen LogP contribution in [-0.2, 0) is 9.59 Å². The highest BCUT2D eigenvalue weighted by Crippen LogP contribution is 2.30. The van der Waals surface area contributed by atoms with E-state index >= 15 is 0 Å². The third-order valence-corrected chi connectivity index (χ3v) is 4.66. The number of ketones is 1. The fourth-order valence-electron chi connectivity index (χ4n) is 2.46. The minimum atomic E-state index is -0.217. The van der Waals surface area contributed by atoms with Crippen LogP contribution in [0.25, 0.3) is 0 Å². The quantitative estimate of drug-likeness (QED) is 0.659. The average Bonchev–Trinajstić information content (AvgIpc) is 3.47. The van der Waals surface area contributed by atoms with E-state index in [1.165, 1.54) is 0 Å². The van der Waals surface area contributed by atoms with Gasteiger partial charge in [-0.15, -0.1) is 0 Å². The molecule has 0 saturated heterocycles. The van der Waals surface area contributed by atoms with Crippen molar-refractivity contribution in [2.24, 2.45) is 5.92 Å². The van der Waals surface area contributed by atoms with E-state index in [0.29, 0.717) is 16.9 Å². The molecule has 26 heavy (non-hydrogen) atoms. The van der Waals surface area contributed by atoms with E-state index in [2.05, 4.69) is 26.6 Å². The van der Waals surface area contributed by atoms with E-state index in [0.717, 1.165) is 17.3 Å². The lowest BCUT2D eigenvalue weighted by atomic mass is 10.1. The molecule has 0 bridgehead atoms. The molecule has 1 fully saturated rings. The zero-order chi connectivity index (χ0) is 18.5. The molecule has 0 heterocycles. The van der Waals surface area contributed by atoms with Crippen molar-refractivity contribution in [2.75, 3.05) is 10.6 Å². The molecule has 1 saturated carbocycles. The van der Waals surface area contributed by atoms with E-state index < -0.39 is 0 Å². The molecule has 5 nitrogen and oxygen atoms in total. The van der Waals surface area contributed by atoms with Crippen molar-refractivity contribution in [1.29, 1.82) is 0 Å².